The van der Waals surface area contributed by atoms with Crippen LogP contribution < -0.4 is 5.32 Å². The van der Waals surface area contributed by atoms with E-state index in [9.17, 15) is 9.90 Å². The van der Waals surface area contributed by atoms with E-state index in [0.717, 1.165) is 44.6 Å². The zero-order valence-electron chi connectivity index (χ0n) is 14.5. The predicted molar refractivity (Wildman–Crippen MR) is 99.7 cm³/mol. The van der Waals surface area contributed by atoms with Crippen molar-refractivity contribution in [1.82, 2.24) is 25.0 Å². The summed E-state index contributed by atoms with van der Waals surface area (Å²) in [4.78, 5) is 14.9. The Morgan fingerprint density at radius 3 is 2.88 bits per heavy atom. The van der Waals surface area contributed by atoms with E-state index >= 15 is 0 Å². The number of hydrogen-bond donors (Lipinski definition) is 2. The van der Waals surface area contributed by atoms with E-state index in [0.29, 0.717) is 12.1 Å². The van der Waals surface area contributed by atoms with Crippen molar-refractivity contribution in [2.24, 2.45) is 5.41 Å². The summed E-state index contributed by atoms with van der Waals surface area (Å²) in [7, 11) is 0. The van der Waals surface area contributed by atoms with Crippen molar-refractivity contribution in [1.29, 1.82) is 0 Å². The third kappa shape index (κ3) is 3.47. The van der Waals surface area contributed by atoms with E-state index in [-0.39, 0.29) is 29.8 Å². The first-order chi connectivity index (χ1) is 12.2. The topological polar surface area (TPSA) is 83.3 Å². The summed E-state index contributed by atoms with van der Waals surface area (Å²) in [5, 5.41) is 21.5. The van der Waals surface area contributed by atoms with Crippen LogP contribution in [0.5, 0.6) is 0 Å². The Labute approximate surface area is 158 Å². The van der Waals surface area contributed by atoms with E-state index < -0.39 is 0 Å². The molecular weight excluding hydrogens is 354 g/mol. The van der Waals surface area contributed by atoms with Crippen LogP contribution in [0.2, 0.25) is 0 Å². The molecule has 2 aromatic rings. The summed E-state index contributed by atoms with van der Waals surface area (Å²) in [6.07, 6.45) is 5.53. The first-order valence-electron chi connectivity index (χ1n) is 8.81. The molecule has 2 fully saturated rings. The van der Waals surface area contributed by atoms with E-state index in [2.05, 4.69) is 15.5 Å². The molecule has 2 N–H and O–H groups in total. The zero-order chi connectivity index (χ0) is 17.3. The second-order valence-electron chi connectivity index (χ2n) is 7.09. The SMILES string of the molecule is Cl.O=C(c1cccc(-n2cnnc2)c1)N1CCC[C@]2(CNCC[C@@H]2O)C1. The van der Waals surface area contributed by atoms with E-state index in [4.69, 9.17) is 0 Å². The number of amides is 1. The monoisotopic (exact) mass is 377 g/mol. The molecule has 7 nitrogen and oxygen atoms in total. The number of carbonyl (C=O) groups excluding carboxylic acids is 1. The van der Waals surface area contributed by atoms with Gasteiger partial charge in [0.25, 0.3) is 5.91 Å². The van der Waals surface area contributed by atoms with Gasteiger partial charge in [-0.2, -0.15) is 0 Å². The molecule has 0 unspecified atom stereocenters. The van der Waals surface area contributed by atoms with Gasteiger partial charge in [0.2, 0.25) is 0 Å². The standard InChI is InChI=1S/C18H23N5O2.ClH/c24-16-5-7-19-10-18(16)6-2-8-22(11-18)17(25)14-3-1-4-15(9-14)23-12-20-21-13-23;/h1,3-4,9,12-13,16,19,24H,2,5-8,10-11H2;1H/t16-,18-;/m0./s1. The lowest BCUT2D eigenvalue weighted by Crippen LogP contribution is -2.58. The number of rotatable bonds is 2. The molecule has 2 saturated heterocycles. The van der Waals surface area contributed by atoms with Crippen molar-refractivity contribution < 1.29 is 9.90 Å². The number of piperidine rings is 2. The highest BCUT2D eigenvalue weighted by molar-refractivity contribution is 5.94. The molecule has 0 bridgehead atoms. The Bertz CT molecular complexity index is 750. The van der Waals surface area contributed by atoms with Crippen molar-refractivity contribution in [2.75, 3.05) is 26.2 Å². The first-order valence-corrected chi connectivity index (χ1v) is 8.81. The minimum Gasteiger partial charge on any atom is -0.392 e. The Morgan fingerprint density at radius 1 is 1.31 bits per heavy atom. The molecule has 140 valence electrons. The summed E-state index contributed by atoms with van der Waals surface area (Å²) >= 11 is 0. The lowest BCUT2D eigenvalue weighted by Gasteiger charge is -2.48. The highest BCUT2D eigenvalue weighted by Crippen LogP contribution is 2.36. The van der Waals surface area contributed by atoms with Crippen LogP contribution in [0.15, 0.2) is 36.9 Å². The minimum absolute atomic E-state index is 0. The number of halogens is 1. The van der Waals surface area contributed by atoms with Crippen LogP contribution in [-0.4, -0.2) is 63.0 Å². The van der Waals surface area contributed by atoms with Crippen molar-refractivity contribution in [3.8, 4) is 5.69 Å². The molecular formula is C18H24ClN5O2. The third-order valence-corrected chi connectivity index (χ3v) is 5.48. The molecule has 4 rings (SSSR count). The molecule has 2 aliphatic heterocycles. The summed E-state index contributed by atoms with van der Waals surface area (Å²) < 4.78 is 1.78. The van der Waals surface area contributed by atoms with Crippen LogP contribution in [0.4, 0.5) is 0 Å². The number of nitrogens with one attached hydrogen (secondary N) is 1. The van der Waals surface area contributed by atoms with Crippen LogP contribution in [0.3, 0.4) is 0 Å². The second-order valence-corrected chi connectivity index (χ2v) is 7.09. The fraction of sp³-hybridized carbons (Fsp3) is 0.500. The smallest absolute Gasteiger partial charge is 0.253 e. The molecule has 8 heteroatoms. The van der Waals surface area contributed by atoms with Gasteiger partial charge in [-0.25, -0.2) is 0 Å². The van der Waals surface area contributed by atoms with Crippen LogP contribution in [0.25, 0.3) is 5.69 Å². The quantitative estimate of drug-likeness (QED) is 0.823. The molecule has 2 atom stereocenters. The van der Waals surface area contributed by atoms with Crippen LogP contribution >= 0.6 is 12.4 Å². The number of hydrogen-bond acceptors (Lipinski definition) is 5. The van der Waals surface area contributed by atoms with Gasteiger partial charge in [-0.1, -0.05) is 6.07 Å². The molecule has 0 aliphatic carbocycles. The second kappa shape index (κ2) is 7.73. The molecule has 26 heavy (non-hydrogen) atoms. The maximum absolute atomic E-state index is 13.0. The van der Waals surface area contributed by atoms with Crippen LogP contribution in [0, 0.1) is 5.41 Å². The van der Waals surface area contributed by atoms with E-state index in [1.54, 1.807) is 17.2 Å². The van der Waals surface area contributed by atoms with Gasteiger partial charge >= 0.3 is 0 Å². The van der Waals surface area contributed by atoms with Gasteiger partial charge in [-0.3, -0.25) is 9.36 Å². The average molecular weight is 378 g/mol. The normalized spacial score (nSPS) is 25.7. The molecule has 1 spiro atoms. The number of aromatic nitrogens is 3. The van der Waals surface area contributed by atoms with Crippen molar-refractivity contribution in [3.63, 3.8) is 0 Å². The van der Waals surface area contributed by atoms with Gasteiger partial charge in [0.1, 0.15) is 12.7 Å². The average Bonchev–Trinajstić information content (AvgIpc) is 3.19. The minimum atomic E-state index is -0.340. The molecule has 1 aromatic carbocycles. The van der Waals surface area contributed by atoms with Gasteiger partial charge in [0.15, 0.2) is 0 Å². The van der Waals surface area contributed by atoms with Crippen molar-refractivity contribution in [2.45, 2.75) is 25.4 Å². The third-order valence-electron chi connectivity index (χ3n) is 5.48. The molecule has 1 aromatic heterocycles. The summed E-state index contributed by atoms with van der Waals surface area (Å²) in [6.45, 7) is 2.97. The molecule has 0 radical (unpaired) electrons. The molecule has 2 aliphatic rings. The molecule has 1 amide bonds. The number of likely N-dealkylation sites (tertiary alicyclic amines) is 1. The van der Waals surface area contributed by atoms with Crippen molar-refractivity contribution in [3.05, 3.63) is 42.5 Å². The summed E-state index contributed by atoms with van der Waals surface area (Å²) in [5.74, 6) is 0.0202. The van der Waals surface area contributed by atoms with E-state index in [1.807, 2.05) is 29.2 Å². The van der Waals surface area contributed by atoms with Gasteiger partial charge in [-0.15, -0.1) is 22.6 Å². The number of aliphatic hydroxyl groups excluding tert-OH is 1. The highest BCUT2D eigenvalue weighted by atomic mass is 35.5. The maximum atomic E-state index is 13.0. The van der Waals surface area contributed by atoms with Crippen molar-refractivity contribution >= 4 is 18.3 Å². The van der Waals surface area contributed by atoms with Gasteiger partial charge in [0.05, 0.1) is 6.10 Å². The Hall–Kier alpha value is -1.96. The number of aliphatic hydroxyl groups is 1. The number of carbonyl (C=O) groups is 1. The predicted octanol–water partition coefficient (Wildman–Crippen LogP) is 1.27. The summed E-state index contributed by atoms with van der Waals surface area (Å²) in [6, 6.07) is 7.50. The Kier molecular flexibility index (Phi) is 5.60. The highest BCUT2D eigenvalue weighted by Gasteiger charge is 2.44. The summed E-state index contributed by atoms with van der Waals surface area (Å²) in [5.41, 5.74) is 1.31. The fourth-order valence-corrected chi connectivity index (χ4v) is 4.07. The van der Waals surface area contributed by atoms with E-state index in [1.165, 1.54) is 0 Å². The molecule has 0 saturated carbocycles. The maximum Gasteiger partial charge on any atom is 0.253 e. The Morgan fingerprint density at radius 2 is 2.12 bits per heavy atom. The number of benzene rings is 1. The van der Waals surface area contributed by atoms with Crippen LogP contribution in [-0.2, 0) is 0 Å². The largest absolute Gasteiger partial charge is 0.392 e. The zero-order valence-corrected chi connectivity index (χ0v) is 15.4. The first kappa shape index (κ1) is 18.8. The molecule has 3 heterocycles. The fourth-order valence-electron chi connectivity index (χ4n) is 4.07. The number of nitrogens with zero attached hydrogens (tertiary/aromatic N) is 4. The lowest BCUT2D eigenvalue weighted by molar-refractivity contribution is -0.0433. The Balaban J connectivity index is 0.00000196. The van der Waals surface area contributed by atoms with Gasteiger partial charge < -0.3 is 15.3 Å². The van der Waals surface area contributed by atoms with Crippen LogP contribution in [0.1, 0.15) is 29.6 Å². The lowest BCUT2D eigenvalue weighted by atomic mass is 9.72. The van der Waals surface area contributed by atoms with Gasteiger partial charge in [0, 0.05) is 36.3 Å². The van der Waals surface area contributed by atoms with Gasteiger partial charge in [-0.05, 0) is 44.0 Å².